The van der Waals surface area contributed by atoms with Crippen LogP contribution in [0.2, 0.25) is 0 Å². The number of hydrogen-bond acceptors (Lipinski definition) is 4. The molecule has 0 radical (unpaired) electrons. The Hall–Kier alpha value is -2.34. The maximum absolute atomic E-state index is 12.1. The number of H-pyrrole nitrogens is 1. The first kappa shape index (κ1) is 17.0. The maximum Gasteiger partial charge on any atom is 0.329 e. The minimum absolute atomic E-state index is 0.0744. The number of rotatable bonds is 6. The molecular formula is C17H23N3O3. The van der Waals surface area contributed by atoms with Crippen LogP contribution in [-0.4, -0.2) is 21.3 Å². The zero-order chi connectivity index (χ0) is 17.0. The SMILES string of the molecule is CCc1cc(Nc2cc(=O)n(CC(C)CO)c(=O)[nH]2)ccc1C. The van der Waals surface area contributed by atoms with Crippen LogP contribution in [0.5, 0.6) is 0 Å². The summed E-state index contributed by atoms with van der Waals surface area (Å²) in [6, 6.07) is 7.28. The monoisotopic (exact) mass is 317 g/mol. The van der Waals surface area contributed by atoms with Crippen LogP contribution in [0.3, 0.4) is 0 Å². The number of anilines is 2. The van der Waals surface area contributed by atoms with Crippen LogP contribution in [0.4, 0.5) is 11.5 Å². The fourth-order valence-corrected chi connectivity index (χ4v) is 2.42. The fourth-order valence-electron chi connectivity index (χ4n) is 2.42. The number of aryl methyl sites for hydroxylation is 2. The van der Waals surface area contributed by atoms with Crippen molar-refractivity contribution in [2.24, 2.45) is 5.92 Å². The summed E-state index contributed by atoms with van der Waals surface area (Å²) in [5.74, 6) is 0.204. The molecule has 6 nitrogen and oxygen atoms in total. The third-order valence-corrected chi connectivity index (χ3v) is 3.84. The molecule has 0 aliphatic rings. The van der Waals surface area contributed by atoms with Crippen molar-refractivity contribution in [2.45, 2.75) is 33.7 Å². The first-order chi connectivity index (χ1) is 10.9. The summed E-state index contributed by atoms with van der Waals surface area (Å²) >= 11 is 0. The minimum Gasteiger partial charge on any atom is -0.396 e. The third kappa shape index (κ3) is 4.10. The molecule has 23 heavy (non-hydrogen) atoms. The van der Waals surface area contributed by atoms with E-state index >= 15 is 0 Å². The van der Waals surface area contributed by atoms with Crippen molar-refractivity contribution < 1.29 is 5.11 Å². The van der Waals surface area contributed by atoms with E-state index in [1.165, 1.54) is 17.2 Å². The van der Waals surface area contributed by atoms with Crippen LogP contribution >= 0.6 is 0 Å². The zero-order valence-corrected chi connectivity index (χ0v) is 13.7. The van der Waals surface area contributed by atoms with Crippen LogP contribution in [0, 0.1) is 12.8 Å². The summed E-state index contributed by atoms with van der Waals surface area (Å²) in [7, 11) is 0. The van der Waals surface area contributed by atoms with Crippen molar-refractivity contribution in [1.82, 2.24) is 9.55 Å². The lowest BCUT2D eigenvalue weighted by Gasteiger charge is -2.12. The molecule has 0 spiro atoms. The standard InChI is InChI=1S/C17H23N3O3/c1-4-13-7-14(6-5-12(13)3)18-15-8-16(22)20(17(23)19-15)9-11(2)10-21/h5-8,11,18,21H,4,9-10H2,1-3H3,(H,19,23). The molecule has 3 N–H and O–H groups in total. The second kappa shape index (κ2) is 7.28. The summed E-state index contributed by atoms with van der Waals surface area (Å²) in [5.41, 5.74) is 2.37. The van der Waals surface area contributed by atoms with Gasteiger partial charge in [-0.3, -0.25) is 14.3 Å². The van der Waals surface area contributed by atoms with Crippen LogP contribution in [0.1, 0.15) is 25.0 Å². The molecule has 1 aromatic heterocycles. The zero-order valence-electron chi connectivity index (χ0n) is 13.7. The van der Waals surface area contributed by atoms with Crippen molar-refractivity contribution >= 4 is 11.5 Å². The van der Waals surface area contributed by atoms with E-state index in [-0.39, 0.29) is 24.6 Å². The van der Waals surface area contributed by atoms with Gasteiger partial charge < -0.3 is 10.4 Å². The van der Waals surface area contributed by atoms with Gasteiger partial charge in [0.15, 0.2) is 0 Å². The number of aliphatic hydroxyl groups is 1. The van der Waals surface area contributed by atoms with Crippen LogP contribution in [-0.2, 0) is 13.0 Å². The summed E-state index contributed by atoms with van der Waals surface area (Å²) in [5, 5.41) is 12.1. The van der Waals surface area contributed by atoms with Gasteiger partial charge in [-0.15, -0.1) is 0 Å². The Morgan fingerprint density at radius 2 is 2.04 bits per heavy atom. The van der Waals surface area contributed by atoms with Crippen molar-refractivity contribution in [3.8, 4) is 0 Å². The Kier molecular flexibility index (Phi) is 5.39. The van der Waals surface area contributed by atoms with Gasteiger partial charge in [-0.05, 0) is 42.5 Å². The third-order valence-electron chi connectivity index (χ3n) is 3.84. The van der Waals surface area contributed by atoms with Gasteiger partial charge in [0.05, 0.1) is 0 Å². The first-order valence-corrected chi connectivity index (χ1v) is 7.76. The highest BCUT2D eigenvalue weighted by molar-refractivity contribution is 5.57. The predicted molar refractivity (Wildman–Crippen MR) is 91.4 cm³/mol. The normalized spacial score (nSPS) is 12.2. The van der Waals surface area contributed by atoms with Gasteiger partial charge in [0.1, 0.15) is 5.82 Å². The molecule has 2 rings (SSSR count). The molecule has 0 aliphatic carbocycles. The first-order valence-electron chi connectivity index (χ1n) is 7.76. The molecule has 0 saturated heterocycles. The van der Waals surface area contributed by atoms with Crippen molar-refractivity contribution in [3.63, 3.8) is 0 Å². The van der Waals surface area contributed by atoms with Gasteiger partial charge >= 0.3 is 5.69 Å². The number of nitrogens with zero attached hydrogens (tertiary/aromatic N) is 1. The van der Waals surface area contributed by atoms with Gasteiger partial charge in [-0.25, -0.2) is 4.79 Å². The quantitative estimate of drug-likeness (QED) is 0.758. The van der Waals surface area contributed by atoms with Crippen molar-refractivity contribution in [1.29, 1.82) is 0 Å². The summed E-state index contributed by atoms with van der Waals surface area (Å²) in [4.78, 5) is 26.8. The highest BCUT2D eigenvalue weighted by atomic mass is 16.3. The second-order valence-electron chi connectivity index (χ2n) is 5.84. The van der Waals surface area contributed by atoms with Crippen LogP contribution in [0.25, 0.3) is 0 Å². The van der Waals surface area contributed by atoms with Gasteiger partial charge in [0.25, 0.3) is 5.56 Å². The minimum atomic E-state index is -0.483. The Morgan fingerprint density at radius 3 is 2.65 bits per heavy atom. The van der Waals surface area contributed by atoms with Crippen molar-refractivity contribution in [2.75, 3.05) is 11.9 Å². The molecule has 124 valence electrons. The largest absolute Gasteiger partial charge is 0.396 e. The Balaban J connectivity index is 2.28. The van der Waals surface area contributed by atoms with Crippen LogP contribution in [0.15, 0.2) is 33.9 Å². The number of nitrogens with one attached hydrogen (secondary N) is 2. The molecule has 1 atom stereocenters. The van der Waals surface area contributed by atoms with E-state index in [2.05, 4.69) is 17.2 Å². The van der Waals surface area contributed by atoms with Gasteiger partial charge in [0, 0.05) is 24.9 Å². The molecule has 2 aromatic rings. The predicted octanol–water partition coefficient (Wildman–Crippen LogP) is 1.78. The molecule has 1 aromatic carbocycles. The number of hydrogen-bond donors (Lipinski definition) is 3. The molecule has 0 bridgehead atoms. The van der Waals surface area contributed by atoms with E-state index in [1.54, 1.807) is 6.92 Å². The lowest BCUT2D eigenvalue weighted by Crippen LogP contribution is -2.37. The molecular weight excluding hydrogens is 294 g/mol. The molecule has 0 amide bonds. The highest BCUT2D eigenvalue weighted by Gasteiger charge is 2.09. The number of benzene rings is 1. The summed E-state index contributed by atoms with van der Waals surface area (Å²) in [6.45, 7) is 6.02. The van der Waals surface area contributed by atoms with Crippen LogP contribution < -0.4 is 16.6 Å². The topological polar surface area (TPSA) is 87.1 Å². The second-order valence-corrected chi connectivity index (χ2v) is 5.84. The molecule has 0 saturated carbocycles. The Labute approximate surface area is 134 Å². The smallest absolute Gasteiger partial charge is 0.329 e. The Bertz CT molecular complexity index is 761. The number of aromatic amines is 1. The average molecular weight is 317 g/mol. The van der Waals surface area contributed by atoms with E-state index in [0.29, 0.717) is 5.82 Å². The average Bonchev–Trinajstić information content (AvgIpc) is 2.52. The summed E-state index contributed by atoms with van der Waals surface area (Å²) in [6.07, 6.45) is 0.915. The molecule has 6 heteroatoms. The molecule has 1 unspecified atom stereocenters. The summed E-state index contributed by atoms with van der Waals surface area (Å²) < 4.78 is 1.10. The van der Waals surface area contributed by atoms with Gasteiger partial charge in [-0.1, -0.05) is 19.9 Å². The lowest BCUT2D eigenvalue weighted by atomic mass is 10.1. The Morgan fingerprint density at radius 1 is 1.30 bits per heavy atom. The lowest BCUT2D eigenvalue weighted by molar-refractivity contribution is 0.220. The van der Waals surface area contributed by atoms with E-state index in [0.717, 1.165) is 16.7 Å². The van der Waals surface area contributed by atoms with E-state index in [4.69, 9.17) is 5.11 Å². The van der Waals surface area contributed by atoms with E-state index in [9.17, 15) is 9.59 Å². The molecule has 0 aliphatic heterocycles. The van der Waals surface area contributed by atoms with Gasteiger partial charge in [-0.2, -0.15) is 0 Å². The fraction of sp³-hybridized carbons (Fsp3) is 0.412. The van der Waals surface area contributed by atoms with E-state index in [1.807, 2.05) is 25.1 Å². The highest BCUT2D eigenvalue weighted by Crippen LogP contribution is 2.18. The molecule has 0 fully saturated rings. The van der Waals surface area contributed by atoms with Crippen molar-refractivity contribution in [3.05, 3.63) is 56.2 Å². The number of aliphatic hydroxyl groups excluding tert-OH is 1. The number of aromatic nitrogens is 2. The van der Waals surface area contributed by atoms with Gasteiger partial charge in [0.2, 0.25) is 0 Å². The maximum atomic E-state index is 12.1. The van der Waals surface area contributed by atoms with E-state index < -0.39 is 5.69 Å². The molecule has 1 heterocycles.